The molecule has 0 aromatic heterocycles. The van der Waals surface area contributed by atoms with Crippen LogP contribution in [-0.4, -0.2) is 6.04 Å². The van der Waals surface area contributed by atoms with Crippen LogP contribution >= 0.6 is 11.6 Å². The summed E-state index contributed by atoms with van der Waals surface area (Å²) in [5.74, 6) is -0.278. The second-order valence-corrected chi connectivity index (χ2v) is 3.35. The van der Waals surface area contributed by atoms with Gasteiger partial charge in [-0.15, -0.1) is 0 Å². The van der Waals surface area contributed by atoms with Crippen LogP contribution in [0.2, 0.25) is 5.02 Å². The molecule has 0 amide bonds. The molecule has 1 aromatic rings. The zero-order chi connectivity index (χ0) is 9.14. The molecule has 0 heterocycles. The van der Waals surface area contributed by atoms with Crippen LogP contribution < -0.4 is 5.73 Å². The zero-order valence-corrected chi connectivity index (χ0v) is 7.61. The molecule has 0 bridgehead atoms. The molecule has 0 spiro atoms. The highest BCUT2D eigenvalue weighted by Crippen LogP contribution is 2.15. The van der Waals surface area contributed by atoms with E-state index in [1.54, 1.807) is 12.1 Å². The van der Waals surface area contributed by atoms with Crippen LogP contribution in [0.3, 0.4) is 0 Å². The molecule has 0 aliphatic heterocycles. The summed E-state index contributed by atoms with van der Waals surface area (Å²) in [5, 5.41) is 0.418. The standard InChI is InChI=1S/C9H11ClFN/c1-6(12)4-7-2-3-8(10)5-9(7)11/h2-3,5-6H,4,12H2,1H3/t6-/m1/s1. The number of hydrogen-bond donors (Lipinski definition) is 1. The van der Waals surface area contributed by atoms with Gasteiger partial charge in [-0.1, -0.05) is 17.7 Å². The summed E-state index contributed by atoms with van der Waals surface area (Å²) in [7, 11) is 0. The van der Waals surface area contributed by atoms with Gasteiger partial charge < -0.3 is 5.73 Å². The molecule has 12 heavy (non-hydrogen) atoms. The number of benzene rings is 1. The van der Waals surface area contributed by atoms with Gasteiger partial charge in [0.1, 0.15) is 5.82 Å². The van der Waals surface area contributed by atoms with Crippen LogP contribution in [0.1, 0.15) is 12.5 Å². The van der Waals surface area contributed by atoms with Crippen molar-refractivity contribution in [3.63, 3.8) is 0 Å². The summed E-state index contributed by atoms with van der Waals surface area (Å²) in [6.45, 7) is 1.84. The van der Waals surface area contributed by atoms with Crippen LogP contribution in [0.4, 0.5) is 4.39 Å². The summed E-state index contributed by atoms with van der Waals surface area (Å²) in [6.07, 6.45) is 0.545. The first-order valence-electron chi connectivity index (χ1n) is 3.79. The Hall–Kier alpha value is -0.600. The molecule has 0 aliphatic rings. The van der Waals surface area contributed by atoms with E-state index in [0.717, 1.165) is 0 Å². The van der Waals surface area contributed by atoms with E-state index in [1.807, 2.05) is 6.92 Å². The number of rotatable bonds is 2. The van der Waals surface area contributed by atoms with Crippen molar-refractivity contribution < 1.29 is 4.39 Å². The fraction of sp³-hybridized carbons (Fsp3) is 0.333. The lowest BCUT2D eigenvalue weighted by atomic mass is 10.1. The summed E-state index contributed by atoms with van der Waals surface area (Å²) >= 11 is 5.58. The molecule has 1 rings (SSSR count). The highest BCUT2D eigenvalue weighted by Gasteiger charge is 2.04. The highest BCUT2D eigenvalue weighted by atomic mass is 35.5. The van der Waals surface area contributed by atoms with Gasteiger partial charge in [-0.25, -0.2) is 4.39 Å². The second-order valence-electron chi connectivity index (χ2n) is 2.92. The Morgan fingerprint density at radius 3 is 2.75 bits per heavy atom. The maximum atomic E-state index is 13.1. The summed E-state index contributed by atoms with van der Waals surface area (Å²) < 4.78 is 13.1. The SMILES string of the molecule is C[C@@H](N)Cc1ccc(Cl)cc1F. The number of hydrogen-bond acceptors (Lipinski definition) is 1. The van der Waals surface area contributed by atoms with E-state index in [1.165, 1.54) is 6.07 Å². The minimum absolute atomic E-state index is 0.0272. The fourth-order valence-corrected chi connectivity index (χ4v) is 1.19. The first-order valence-corrected chi connectivity index (χ1v) is 4.17. The smallest absolute Gasteiger partial charge is 0.127 e. The van der Waals surface area contributed by atoms with Gasteiger partial charge in [0.25, 0.3) is 0 Å². The van der Waals surface area contributed by atoms with Gasteiger partial charge in [0.15, 0.2) is 0 Å². The summed E-state index contributed by atoms with van der Waals surface area (Å²) in [4.78, 5) is 0. The van der Waals surface area contributed by atoms with Crippen molar-refractivity contribution in [2.24, 2.45) is 5.73 Å². The normalized spacial score (nSPS) is 13.0. The minimum Gasteiger partial charge on any atom is -0.328 e. The molecule has 0 saturated carbocycles. The molecule has 0 aliphatic carbocycles. The molecule has 0 saturated heterocycles. The molecular formula is C9H11ClFN. The van der Waals surface area contributed by atoms with E-state index in [0.29, 0.717) is 17.0 Å². The van der Waals surface area contributed by atoms with Crippen molar-refractivity contribution in [1.29, 1.82) is 0 Å². The van der Waals surface area contributed by atoms with Crippen molar-refractivity contribution in [1.82, 2.24) is 0 Å². The Bertz CT molecular complexity index is 273. The van der Waals surface area contributed by atoms with Gasteiger partial charge in [-0.05, 0) is 31.0 Å². The molecule has 1 atom stereocenters. The van der Waals surface area contributed by atoms with E-state index in [4.69, 9.17) is 17.3 Å². The molecule has 1 aromatic carbocycles. The van der Waals surface area contributed by atoms with Crippen LogP contribution in [0, 0.1) is 5.82 Å². The third-order valence-electron chi connectivity index (χ3n) is 1.56. The van der Waals surface area contributed by atoms with E-state index in [9.17, 15) is 4.39 Å². The predicted octanol–water partition coefficient (Wildman–Crippen LogP) is 2.37. The van der Waals surface area contributed by atoms with E-state index < -0.39 is 0 Å². The Morgan fingerprint density at radius 1 is 1.58 bits per heavy atom. The van der Waals surface area contributed by atoms with Crippen molar-refractivity contribution in [2.75, 3.05) is 0 Å². The van der Waals surface area contributed by atoms with E-state index in [2.05, 4.69) is 0 Å². The highest BCUT2D eigenvalue weighted by molar-refractivity contribution is 6.30. The van der Waals surface area contributed by atoms with Crippen LogP contribution in [0.15, 0.2) is 18.2 Å². The summed E-state index contributed by atoms with van der Waals surface area (Å²) in [6, 6.07) is 4.61. The molecule has 0 fully saturated rings. The lowest BCUT2D eigenvalue weighted by Gasteiger charge is -2.05. The molecular weight excluding hydrogens is 177 g/mol. The third kappa shape index (κ3) is 2.47. The minimum atomic E-state index is -0.278. The Labute approximate surface area is 76.3 Å². The average molecular weight is 188 g/mol. The van der Waals surface area contributed by atoms with E-state index in [-0.39, 0.29) is 11.9 Å². The lowest BCUT2D eigenvalue weighted by Crippen LogP contribution is -2.18. The van der Waals surface area contributed by atoms with E-state index >= 15 is 0 Å². The molecule has 0 radical (unpaired) electrons. The summed E-state index contributed by atoms with van der Waals surface area (Å²) in [5.41, 5.74) is 6.15. The average Bonchev–Trinajstić information content (AvgIpc) is 1.94. The fourth-order valence-electron chi connectivity index (χ4n) is 1.03. The zero-order valence-electron chi connectivity index (χ0n) is 6.85. The monoisotopic (exact) mass is 187 g/mol. The maximum absolute atomic E-state index is 13.1. The van der Waals surface area contributed by atoms with Gasteiger partial charge in [0.05, 0.1) is 0 Å². The molecule has 0 unspecified atom stereocenters. The second kappa shape index (κ2) is 3.87. The third-order valence-corrected chi connectivity index (χ3v) is 1.79. The Kier molecular flexibility index (Phi) is 3.06. The van der Waals surface area contributed by atoms with Gasteiger partial charge in [-0.3, -0.25) is 0 Å². The Balaban J connectivity index is 2.86. The van der Waals surface area contributed by atoms with Crippen LogP contribution in [0.25, 0.3) is 0 Å². The number of halogens is 2. The predicted molar refractivity (Wildman–Crippen MR) is 48.8 cm³/mol. The lowest BCUT2D eigenvalue weighted by molar-refractivity contribution is 0.596. The number of nitrogens with two attached hydrogens (primary N) is 1. The quantitative estimate of drug-likeness (QED) is 0.756. The maximum Gasteiger partial charge on any atom is 0.127 e. The van der Waals surface area contributed by atoms with Crippen molar-refractivity contribution in [3.05, 3.63) is 34.6 Å². The molecule has 2 N–H and O–H groups in total. The molecule has 66 valence electrons. The van der Waals surface area contributed by atoms with Crippen molar-refractivity contribution >= 4 is 11.6 Å². The largest absolute Gasteiger partial charge is 0.328 e. The van der Waals surface area contributed by atoms with Gasteiger partial charge in [0, 0.05) is 11.1 Å². The molecule has 3 heteroatoms. The first-order chi connectivity index (χ1) is 5.59. The topological polar surface area (TPSA) is 26.0 Å². The van der Waals surface area contributed by atoms with Gasteiger partial charge >= 0.3 is 0 Å². The van der Waals surface area contributed by atoms with Crippen molar-refractivity contribution in [3.8, 4) is 0 Å². The first kappa shape index (κ1) is 9.49. The van der Waals surface area contributed by atoms with Crippen molar-refractivity contribution in [2.45, 2.75) is 19.4 Å². The molecule has 1 nitrogen and oxygen atoms in total. The Morgan fingerprint density at radius 2 is 2.25 bits per heavy atom. The van der Waals surface area contributed by atoms with Gasteiger partial charge in [0.2, 0.25) is 0 Å². The van der Waals surface area contributed by atoms with Gasteiger partial charge in [-0.2, -0.15) is 0 Å². The van der Waals surface area contributed by atoms with Crippen LogP contribution in [-0.2, 0) is 6.42 Å². The van der Waals surface area contributed by atoms with Crippen LogP contribution in [0.5, 0.6) is 0 Å².